The molecule has 3 rings (SSSR count). The Morgan fingerprint density at radius 2 is 1.92 bits per heavy atom. The minimum atomic E-state index is -3.66. The van der Waals surface area contributed by atoms with Crippen molar-refractivity contribution in [3.05, 3.63) is 65.2 Å². The molecule has 0 spiro atoms. The lowest BCUT2D eigenvalue weighted by Crippen LogP contribution is -2.19. The maximum Gasteiger partial charge on any atom is 0.183 e. The van der Waals surface area contributed by atoms with Crippen LogP contribution in [0.25, 0.3) is 0 Å². The fraction of sp³-hybridized carbons (Fsp3) is 0.278. The van der Waals surface area contributed by atoms with Crippen LogP contribution in [0.4, 0.5) is 0 Å². The molecular formula is C18H16ClNO3S. The third-order valence-electron chi connectivity index (χ3n) is 4.46. The summed E-state index contributed by atoms with van der Waals surface area (Å²) in [5, 5.41) is 9.40. The molecule has 1 aliphatic rings. The number of rotatable bonds is 5. The van der Waals surface area contributed by atoms with Gasteiger partial charge in [0.2, 0.25) is 0 Å². The third-order valence-corrected chi connectivity index (χ3v) is 6.99. The van der Waals surface area contributed by atoms with Crippen LogP contribution >= 0.6 is 11.6 Å². The van der Waals surface area contributed by atoms with Gasteiger partial charge in [-0.3, -0.25) is 0 Å². The molecule has 24 heavy (non-hydrogen) atoms. The highest BCUT2D eigenvalue weighted by Crippen LogP contribution is 2.64. The molecule has 1 saturated carbocycles. The minimum absolute atomic E-state index is 0.0530. The standard InChI is InChI=1S/C18H16ClNO3S/c1-23-12-18(11-20)16(13-6-5-7-14(19)10-13)17(18)24(21,22)15-8-3-2-4-9-15/h2-10,16-17H,12H2,1H3/t16-,17+,18-/m1/s1. The summed E-state index contributed by atoms with van der Waals surface area (Å²) in [5.74, 6) is -0.466. The van der Waals surface area contributed by atoms with Crippen LogP contribution in [0.15, 0.2) is 59.5 Å². The maximum absolute atomic E-state index is 13.1. The number of sulfone groups is 1. The fourth-order valence-electron chi connectivity index (χ4n) is 3.37. The Balaban J connectivity index is 2.10. The van der Waals surface area contributed by atoms with Gasteiger partial charge in [-0.25, -0.2) is 8.42 Å². The van der Waals surface area contributed by atoms with Gasteiger partial charge in [-0.2, -0.15) is 5.26 Å². The zero-order chi connectivity index (χ0) is 17.4. The summed E-state index contributed by atoms with van der Waals surface area (Å²) in [4.78, 5) is 0.218. The molecule has 124 valence electrons. The highest BCUT2D eigenvalue weighted by atomic mass is 35.5. The third kappa shape index (κ3) is 2.61. The molecule has 0 radical (unpaired) electrons. The number of hydrogen-bond acceptors (Lipinski definition) is 4. The van der Waals surface area contributed by atoms with Gasteiger partial charge in [0.1, 0.15) is 5.41 Å². The summed E-state index contributed by atoms with van der Waals surface area (Å²) in [6.07, 6.45) is 0. The van der Waals surface area contributed by atoms with E-state index in [0.29, 0.717) is 5.02 Å². The summed E-state index contributed by atoms with van der Waals surface area (Å²) >= 11 is 6.05. The molecule has 0 amide bonds. The number of halogens is 1. The summed E-state index contributed by atoms with van der Waals surface area (Å²) in [7, 11) is -2.19. The Bertz CT molecular complexity index is 892. The molecule has 3 atom stereocenters. The van der Waals surface area contributed by atoms with Crippen LogP contribution in [0.5, 0.6) is 0 Å². The van der Waals surface area contributed by atoms with E-state index in [1.54, 1.807) is 54.6 Å². The summed E-state index contributed by atoms with van der Waals surface area (Å²) < 4.78 is 31.3. The molecule has 1 fully saturated rings. The SMILES string of the molecule is COC[C@]1(C#N)[C@H](c2cccc(Cl)c2)[C@@H]1S(=O)(=O)c1ccccc1. The molecule has 0 unspecified atom stereocenters. The molecule has 0 heterocycles. The summed E-state index contributed by atoms with van der Waals surface area (Å²) in [6, 6.07) is 17.4. The largest absolute Gasteiger partial charge is 0.383 e. The second-order valence-corrected chi connectivity index (χ2v) is 8.40. The molecule has 0 saturated heterocycles. The van der Waals surface area contributed by atoms with Gasteiger partial charge in [0, 0.05) is 18.1 Å². The predicted molar refractivity (Wildman–Crippen MR) is 91.5 cm³/mol. The second-order valence-electron chi connectivity index (χ2n) is 5.90. The summed E-state index contributed by atoms with van der Waals surface area (Å²) in [6.45, 7) is 0.0530. The van der Waals surface area contributed by atoms with Crippen molar-refractivity contribution in [2.75, 3.05) is 13.7 Å². The van der Waals surface area contributed by atoms with Crippen molar-refractivity contribution in [2.45, 2.75) is 16.1 Å². The Morgan fingerprint density at radius 1 is 1.21 bits per heavy atom. The zero-order valence-corrected chi connectivity index (χ0v) is 14.6. The molecule has 0 N–H and O–H groups in total. The average Bonchev–Trinajstić information content (AvgIpc) is 3.26. The van der Waals surface area contributed by atoms with Crippen LogP contribution in [0.1, 0.15) is 11.5 Å². The van der Waals surface area contributed by atoms with Gasteiger partial charge < -0.3 is 4.74 Å². The van der Waals surface area contributed by atoms with Gasteiger partial charge in [-0.1, -0.05) is 41.9 Å². The highest BCUT2D eigenvalue weighted by molar-refractivity contribution is 7.92. The normalized spacial score (nSPS) is 25.9. The molecular weight excluding hydrogens is 346 g/mol. The lowest BCUT2D eigenvalue weighted by Gasteiger charge is -2.08. The van der Waals surface area contributed by atoms with Crippen molar-refractivity contribution in [1.29, 1.82) is 5.26 Å². The molecule has 0 bridgehead atoms. The summed E-state index contributed by atoms with van der Waals surface area (Å²) in [5.41, 5.74) is -0.362. The van der Waals surface area contributed by atoms with Gasteiger partial charge in [0.05, 0.1) is 22.8 Å². The first-order valence-electron chi connectivity index (χ1n) is 7.42. The lowest BCUT2D eigenvalue weighted by molar-refractivity contribution is 0.162. The average molecular weight is 362 g/mol. The van der Waals surface area contributed by atoms with E-state index in [1.807, 2.05) is 0 Å². The molecule has 2 aromatic rings. The Morgan fingerprint density at radius 3 is 2.50 bits per heavy atom. The smallest absolute Gasteiger partial charge is 0.183 e. The van der Waals surface area contributed by atoms with Crippen molar-refractivity contribution < 1.29 is 13.2 Å². The molecule has 6 heteroatoms. The molecule has 0 aliphatic heterocycles. The van der Waals surface area contributed by atoms with Crippen molar-refractivity contribution in [3.63, 3.8) is 0 Å². The minimum Gasteiger partial charge on any atom is -0.383 e. The fourth-order valence-corrected chi connectivity index (χ4v) is 5.90. The Kier molecular flexibility index (Phi) is 4.39. The van der Waals surface area contributed by atoms with Crippen molar-refractivity contribution >= 4 is 21.4 Å². The van der Waals surface area contributed by atoms with E-state index in [2.05, 4.69) is 6.07 Å². The first-order chi connectivity index (χ1) is 11.5. The van der Waals surface area contributed by atoms with Crippen LogP contribution in [-0.4, -0.2) is 27.4 Å². The van der Waals surface area contributed by atoms with Gasteiger partial charge >= 0.3 is 0 Å². The number of methoxy groups -OCH3 is 1. The topological polar surface area (TPSA) is 67.2 Å². The molecule has 2 aromatic carbocycles. The number of ether oxygens (including phenoxy) is 1. The molecule has 4 nitrogen and oxygen atoms in total. The second kappa shape index (κ2) is 6.21. The first kappa shape index (κ1) is 17.0. The highest BCUT2D eigenvalue weighted by Gasteiger charge is 2.72. The van der Waals surface area contributed by atoms with E-state index in [-0.39, 0.29) is 11.5 Å². The monoisotopic (exact) mass is 361 g/mol. The van der Waals surface area contributed by atoms with E-state index >= 15 is 0 Å². The maximum atomic E-state index is 13.1. The number of nitrogens with zero attached hydrogens (tertiary/aromatic N) is 1. The number of hydrogen-bond donors (Lipinski definition) is 0. The van der Waals surface area contributed by atoms with Crippen molar-refractivity contribution in [3.8, 4) is 6.07 Å². The van der Waals surface area contributed by atoms with Crippen LogP contribution in [0.3, 0.4) is 0 Å². The van der Waals surface area contributed by atoms with E-state index in [4.69, 9.17) is 16.3 Å². The number of nitriles is 1. The van der Waals surface area contributed by atoms with Crippen LogP contribution < -0.4 is 0 Å². The van der Waals surface area contributed by atoms with E-state index in [1.165, 1.54) is 7.11 Å². The van der Waals surface area contributed by atoms with Gasteiger partial charge in [0.25, 0.3) is 0 Å². The van der Waals surface area contributed by atoms with Gasteiger partial charge in [-0.15, -0.1) is 0 Å². The predicted octanol–water partition coefficient (Wildman–Crippen LogP) is 3.44. The lowest BCUT2D eigenvalue weighted by atomic mass is 10.0. The van der Waals surface area contributed by atoms with Gasteiger partial charge in [-0.05, 0) is 29.8 Å². The van der Waals surface area contributed by atoms with Crippen molar-refractivity contribution in [1.82, 2.24) is 0 Å². The zero-order valence-electron chi connectivity index (χ0n) is 13.0. The Hall–Kier alpha value is -1.87. The molecule has 1 aliphatic carbocycles. The molecule has 0 aromatic heterocycles. The van der Waals surface area contributed by atoms with Crippen LogP contribution in [0, 0.1) is 16.7 Å². The first-order valence-corrected chi connectivity index (χ1v) is 9.34. The Labute approximate surface area is 146 Å². The van der Waals surface area contributed by atoms with Crippen LogP contribution in [-0.2, 0) is 14.6 Å². The van der Waals surface area contributed by atoms with E-state index in [9.17, 15) is 13.7 Å². The van der Waals surface area contributed by atoms with Crippen molar-refractivity contribution in [2.24, 2.45) is 5.41 Å². The van der Waals surface area contributed by atoms with Crippen LogP contribution in [0.2, 0.25) is 5.02 Å². The quantitative estimate of drug-likeness (QED) is 0.818. The van der Waals surface area contributed by atoms with E-state index < -0.39 is 26.4 Å². The van der Waals surface area contributed by atoms with Gasteiger partial charge in [0.15, 0.2) is 9.84 Å². The number of benzene rings is 2. The van der Waals surface area contributed by atoms with E-state index in [0.717, 1.165) is 5.56 Å².